The van der Waals surface area contributed by atoms with E-state index >= 15 is 0 Å². The Bertz CT molecular complexity index is 778. The van der Waals surface area contributed by atoms with Crippen molar-refractivity contribution < 1.29 is 9.59 Å². The summed E-state index contributed by atoms with van der Waals surface area (Å²) >= 11 is 11.6. The quantitative estimate of drug-likeness (QED) is 0.328. The van der Waals surface area contributed by atoms with Gasteiger partial charge in [0.2, 0.25) is 11.8 Å². The van der Waals surface area contributed by atoms with E-state index in [9.17, 15) is 9.59 Å². The van der Waals surface area contributed by atoms with Crippen molar-refractivity contribution in [2.75, 3.05) is 0 Å². The molecule has 2 aromatic carbocycles. The van der Waals surface area contributed by atoms with Crippen LogP contribution in [-0.2, 0) is 9.59 Å². The summed E-state index contributed by atoms with van der Waals surface area (Å²) in [5.74, 6) is -0.320. The van der Waals surface area contributed by atoms with Gasteiger partial charge in [0.15, 0.2) is 0 Å². The zero-order valence-electron chi connectivity index (χ0n) is 15.8. The fraction of sp³-hybridized carbons (Fsp3) is 0.238. The lowest BCUT2D eigenvalue weighted by molar-refractivity contribution is -0.121. The first kappa shape index (κ1) is 22.6. The number of carbonyl (C=O) groups excluding carboxylic acids is 2. The van der Waals surface area contributed by atoms with Crippen LogP contribution in [-0.4, -0.2) is 24.2 Å². The van der Waals surface area contributed by atoms with Gasteiger partial charge in [0.25, 0.3) is 0 Å². The van der Waals surface area contributed by atoms with Gasteiger partial charge in [0, 0.05) is 22.9 Å². The standard InChI is InChI=1S/C21H22Cl2N4O2/c22-18-10-6-16(7-11-18)14-24-26-20(28)4-2-1-3-5-21(29)27-25-15-17-8-12-19(23)13-9-17/h6-15H,1-5H2,(H,26,28)(H,27,29)/b24-14-,25-15+. The van der Waals surface area contributed by atoms with Crippen LogP contribution in [0, 0.1) is 0 Å². The van der Waals surface area contributed by atoms with Crippen molar-refractivity contribution >= 4 is 47.4 Å². The van der Waals surface area contributed by atoms with Crippen LogP contribution in [0.4, 0.5) is 0 Å². The first-order valence-corrected chi connectivity index (χ1v) is 9.93. The SMILES string of the molecule is O=C(CCCCCC(=O)N/N=C/c1ccc(Cl)cc1)N/N=C\c1ccc(Cl)cc1. The largest absolute Gasteiger partial charge is 0.273 e. The number of carbonyl (C=O) groups is 2. The number of rotatable bonds is 10. The smallest absolute Gasteiger partial charge is 0.240 e. The molecule has 0 unspecified atom stereocenters. The van der Waals surface area contributed by atoms with E-state index < -0.39 is 0 Å². The minimum atomic E-state index is -0.160. The molecule has 2 aromatic rings. The Hall–Kier alpha value is -2.70. The summed E-state index contributed by atoms with van der Waals surface area (Å²) in [7, 11) is 0. The molecular formula is C21H22Cl2N4O2. The normalized spacial score (nSPS) is 11.1. The summed E-state index contributed by atoms with van der Waals surface area (Å²) < 4.78 is 0. The number of halogens is 2. The van der Waals surface area contributed by atoms with Gasteiger partial charge < -0.3 is 0 Å². The van der Waals surface area contributed by atoms with E-state index in [1.54, 1.807) is 36.7 Å². The van der Waals surface area contributed by atoms with Crippen LogP contribution in [0.3, 0.4) is 0 Å². The molecule has 0 radical (unpaired) electrons. The molecule has 0 aliphatic carbocycles. The maximum Gasteiger partial charge on any atom is 0.240 e. The van der Waals surface area contributed by atoms with Crippen molar-refractivity contribution in [3.05, 3.63) is 69.7 Å². The molecule has 0 aromatic heterocycles. The molecule has 0 aliphatic heterocycles. The number of hydrazone groups is 2. The molecular weight excluding hydrogens is 411 g/mol. The van der Waals surface area contributed by atoms with E-state index in [0.29, 0.717) is 35.7 Å². The molecule has 2 rings (SSSR count). The second kappa shape index (κ2) is 12.7. The Labute approximate surface area is 180 Å². The molecule has 0 heterocycles. The lowest BCUT2D eigenvalue weighted by atomic mass is 10.1. The van der Waals surface area contributed by atoms with Crippen LogP contribution in [0.25, 0.3) is 0 Å². The number of nitrogens with zero attached hydrogens (tertiary/aromatic N) is 2. The minimum absolute atomic E-state index is 0.160. The summed E-state index contributed by atoms with van der Waals surface area (Å²) in [5.41, 5.74) is 6.66. The highest BCUT2D eigenvalue weighted by molar-refractivity contribution is 6.30. The van der Waals surface area contributed by atoms with E-state index in [0.717, 1.165) is 17.5 Å². The van der Waals surface area contributed by atoms with E-state index in [4.69, 9.17) is 23.2 Å². The molecule has 8 heteroatoms. The number of hydrogen-bond acceptors (Lipinski definition) is 4. The molecule has 152 valence electrons. The van der Waals surface area contributed by atoms with E-state index in [1.165, 1.54) is 0 Å². The molecule has 6 nitrogen and oxygen atoms in total. The maximum atomic E-state index is 11.7. The van der Waals surface area contributed by atoms with Crippen LogP contribution in [0.5, 0.6) is 0 Å². The van der Waals surface area contributed by atoms with Crippen molar-refractivity contribution in [3.8, 4) is 0 Å². The number of amides is 2. The van der Waals surface area contributed by atoms with Crippen molar-refractivity contribution in [2.45, 2.75) is 32.1 Å². The Balaban J connectivity index is 1.53. The van der Waals surface area contributed by atoms with Gasteiger partial charge in [0.1, 0.15) is 0 Å². The van der Waals surface area contributed by atoms with Crippen LogP contribution in [0.15, 0.2) is 58.7 Å². The summed E-state index contributed by atoms with van der Waals surface area (Å²) in [5, 5.41) is 9.11. The van der Waals surface area contributed by atoms with Gasteiger partial charge in [0.05, 0.1) is 12.4 Å². The van der Waals surface area contributed by atoms with Crippen LogP contribution in [0.1, 0.15) is 43.2 Å². The minimum Gasteiger partial charge on any atom is -0.273 e. The Kier molecular flexibility index (Phi) is 9.89. The van der Waals surface area contributed by atoms with E-state index in [1.807, 2.05) is 24.3 Å². The summed E-state index contributed by atoms with van der Waals surface area (Å²) in [4.78, 5) is 23.5. The number of benzene rings is 2. The first-order chi connectivity index (χ1) is 14.0. The molecule has 0 bridgehead atoms. The van der Waals surface area contributed by atoms with Gasteiger partial charge >= 0.3 is 0 Å². The third-order valence-corrected chi connectivity index (χ3v) is 4.36. The molecule has 0 atom stereocenters. The van der Waals surface area contributed by atoms with Crippen molar-refractivity contribution in [3.63, 3.8) is 0 Å². The highest BCUT2D eigenvalue weighted by atomic mass is 35.5. The van der Waals surface area contributed by atoms with E-state index in [2.05, 4.69) is 21.1 Å². The van der Waals surface area contributed by atoms with Crippen LogP contribution in [0.2, 0.25) is 10.0 Å². The highest BCUT2D eigenvalue weighted by Crippen LogP contribution is 2.08. The summed E-state index contributed by atoms with van der Waals surface area (Å²) in [6.07, 6.45) is 5.96. The second-order valence-electron chi connectivity index (χ2n) is 6.25. The van der Waals surface area contributed by atoms with Crippen molar-refractivity contribution in [2.24, 2.45) is 10.2 Å². The number of unbranched alkanes of at least 4 members (excludes halogenated alkanes) is 2. The lowest BCUT2D eigenvalue weighted by Crippen LogP contribution is -2.18. The number of nitrogens with one attached hydrogen (secondary N) is 2. The van der Waals surface area contributed by atoms with Crippen LogP contribution < -0.4 is 10.9 Å². The van der Waals surface area contributed by atoms with Crippen molar-refractivity contribution in [1.29, 1.82) is 0 Å². The molecule has 0 saturated heterocycles. The first-order valence-electron chi connectivity index (χ1n) is 9.18. The Morgan fingerprint density at radius 2 is 1.07 bits per heavy atom. The van der Waals surface area contributed by atoms with Gasteiger partial charge in [-0.3, -0.25) is 9.59 Å². The van der Waals surface area contributed by atoms with Gasteiger partial charge in [-0.1, -0.05) is 53.9 Å². The average Bonchev–Trinajstić information content (AvgIpc) is 2.71. The van der Waals surface area contributed by atoms with E-state index in [-0.39, 0.29) is 11.8 Å². The lowest BCUT2D eigenvalue weighted by Gasteiger charge is -2.01. The molecule has 29 heavy (non-hydrogen) atoms. The predicted molar refractivity (Wildman–Crippen MR) is 117 cm³/mol. The maximum absolute atomic E-state index is 11.7. The molecule has 0 saturated carbocycles. The molecule has 0 aliphatic rings. The predicted octanol–water partition coefficient (Wildman–Crippen LogP) is 4.54. The fourth-order valence-corrected chi connectivity index (χ4v) is 2.57. The zero-order chi connectivity index (χ0) is 20.9. The third-order valence-electron chi connectivity index (χ3n) is 3.85. The monoisotopic (exact) mass is 432 g/mol. The van der Waals surface area contributed by atoms with Gasteiger partial charge in [-0.2, -0.15) is 10.2 Å². The fourth-order valence-electron chi connectivity index (χ4n) is 2.32. The Morgan fingerprint density at radius 1 is 0.690 bits per heavy atom. The molecule has 0 fully saturated rings. The van der Waals surface area contributed by atoms with Gasteiger partial charge in [-0.05, 0) is 48.2 Å². The molecule has 0 spiro atoms. The highest BCUT2D eigenvalue weighted by Gasteiger charge is 2.02. The molecule has 2 N–H and O–H groups in total. The summed E-state index contributed by atoms with van der Waals surface area (Å²) in [6, 6.07) is 14.2. The third kappa shape index (κ3) is 9.87. The van der Waals surface area contributed by atoms with Crippen LogP contribution >= 0.6 is 23.2 Å². The molecule has 2 amide bonds. The van der Waals surface area contributed by atoms with Crippen molar-refractivity contribution in [1.82, 2.24) is 10.9 Å². The second-order valence-corrected chi connectivity index (χ2v) is 7.12. The summed E-state index contributed by atoms with van der Waals surface area (Å²) in [6.45, 7) is 0. The zero-order valence-corrected chi connectivity index (χ0v) is 17.3. The topological polar surface area (TPSA) is 82.9 Å². The average molecular weight is 433 g/mol. The Morgan fingerprint density at radius 3 is 1.45 bits per heavy atom. The van der Waals surface area contributed by atoms with Gasteiger partial charge in [-0.15, -0.1) is 0 Å². The number of hydrogen-bond donors (Lipinski definition) is 2. The van der Waals surface area contributed by atoms with Gasteiger partial charge in [-0.25, -0.2) is 10.9 Å².